The molecule has 0 saturated heterocycles. The second kappa shape index (κ2) is 4.54. The van der Waals surface area contributed by atoms with Gasteiger partial charge in [-0.05, 0) is 12.3 Å². The molecule has 0 aliphatic heterocycles. The van der Waals surface area contributed by atoms with Crippen molar-refractivity contribution in [1.82, 2.24) is 25.9 Å². The maximum Gasteiger partial charge on any atom is 0.405 e. The molecule has 0 bridgehead atoms. The second-order valence-corrected chi connectivity index (χ2v) is 3.40. The van der Waals surface area contributed by atoms with Crippen molar-refractivity contribution < 1.29 is 9.90 Å². The first-order valence-corrected chi connectivity index (χ1v) is 4.32. The zero-order valence-corrected chi connectivity index (χ0v) is 8.06. The minimum Gasteiger partial charge on any atom is -0.465 e. The Kier molecular flexibility index (Phi) is 3.38. The van der Waals surface area contributed by atoms with Gasteiger partial charge in [0, 0.05) is 0 Å². The van der Waals surface area contributed by atoms with E-state index in [-0.39, 0.29) is 0 Å². The van der Waals surface area contributed by atoms with Crippen molar-refractivity contribution in [3.63, 3.8) is 0 Å². The van der Waals surface area contributed by atoms with Crippen LogP contribution < -0.4 is 5.32 Å². The quantitative estimate of drug-likeness (QED) is 0.657. The third-order valence-corrected chi connectivity index (χ3v) is 1.68. The Labute approximate surface area is 80.9 Å². The van der Waals surface area contributed by atoms with Crippen molar-refractivity contribution in [3.8, 4) is 0 Å². The number of tetrazole rings is 1. The lowest BCUT2D eigenvalue weighted by molar-refractivity contribution is 0.187. The number of hydrogen-bond acceptors (Lipinski definition) is 4. The maximum atomic E-state index is 10.5. The van der Waals surface area contributed by atoms with Crippen LogP contribution in [0.4, 0.5) is 4.79 Å². The molecule has 7 nitrogen and oxygen atoms in total. The molecule has 0 saturated carbocycles. The molecule has 0 fully saturated rings. The molecule has 3 N–H and O–H groups in total. The predicted molar refractivity (Wildman–Crippen MR) is 47.5 cm³/mol. The number of nitrogens with one attached hydrogen (secondary N) is 2. The van der Waals surface area contributed by atoms with Crippen LogP contribution in [0.15, 0.2) is 0 Å². The van der Waals surface area contributed by atoms with Crippen LogP contribution in [0.2, 0.25) is 0 Å². The zero-order valence-electron chi connectivity index (χ0n) is 8.06. The van der Waals surface area contributed by atoms with Crippen LogP contribution in [-0.4, -0.2) is 31.8 Å². The minimum absolute atomic E-state index is 0.352. The molecule has 1 amide bonds. The highest BCUT2D eigenvalue weighted by atomic mass is 16.4. The molecular weight excluding hydrogens is 186 g/mol. The standard InChI is InChI=1S/C7H13N5O2/c1-4(2)3-5(8-7(13)14)6-9-11-12-10-6/h4-5,8H,3H2,1-2H3,(H,13,14)(H,9,10,11,12)/t5-/m0/s1. The molecule has 0 radical (unpaired) electrons. The minimum atomic E-state index is -1.08. The Balaban J connectivity index is 2.67. The lowest BCUT2D eigenvalue weighted by Crippen LogP contribution is -2.28. The van der Waals surface area contributed by atoms with Crippen molar-refractivity contribution >= 4 is 6.09 Å². The Hall–Kier alpha value is -1.66. The third-order valence-electron chi connectivity index (χ3n) is 1.68. The van der Waals surface area contributed by atoms with Gasteiger partial charge in [-0.3, -0.25) is 0 Å². The van der Waals surface area contributed by atoms with Gasteiger partial charge in [-0.2, -0.15) is 5.21 Å². The first kappa shape index (κ1) is 10.4. The fourth-order valence-corrected chi connectivity index (χ4v) is 1.17. The van der Waals surface area contributed by atoms with Crippen LogP contribution in [0.5, 0.6) is 0 Å². The third kappa shape index (κ3) is 3.00. The molecule has 0 aliphatic carbocycles. The van der Waals surface area contributed by atoms with Gasteiger partial charge in [0.2, 0.25) is 0 Å². The first-order valence-electron chi connectivity index (χ1n) is 4.32. The summed E-state index contributed by atoms with van der Waals surface area (Å²) in [4.78, 5) is 10.5. The first-order chi connectivity index (χ1) is 6.59. The van der Waals surface area contributed by atoms with E-state index < -0.39 is 12.1 Å². The summed E-state index contributed by atoms with van der Waals surface area (Å²) in [5.41, 5.74) is 0. The fourth-order valence-electron chi connectivity index (χ4n) is 1.17. The molecule has 78 valence electrons. The summed E-state index contributed by atoms with van der Waals surface area (Å²) < 4.78 is 0. The van der Waals surface area contributed by atoms with E-state index in [1.807, 2.05) is 13.8 Å². The lowest BCUT2D eigenvalue weighted by atomic mass is 10.0. The normalized spacial score (nSPS) is 12.8. The summed E-state index contributed by atoms with van der Waals surface area (Å²) in [6.07, 6.45) is -0.438. The molecule has 1 aromatic rings. The van der Waals surface area contributed by atoms with Gasteiger partial charge in [0.25, 0.3) is 0 Å². The number of aromatic nitrogens is 4. The molecule has 1 aromatic heterocycles. The van der Waals surface area contributed by atoms with Gasteiger partial charge in [0.1, 0.15) is 0 Å². The Morgan fingerprint density at radius 1 is 1.64 bits per heavy atom. The van der Waals surface area contributed by atoms with Gasteiger partial charge in [0.15, 0.2) is 5.82 Å². The van der Waals surface area contributed by atoms with Gasteiger partial charge >= 0.3 is 6.09 Å². The molecule has 0 aliphatic rings. The average Bonchev–Trinajstić information content (AvgIpc) is 2.52. The summed E-state index contributed by atoms with van der Waals surface area (Å²) in [6.45, 7) is 3.99. The number of rotatable bonds is 4. The largest absolute Gasteiger partial charge is 0.465 e. The van der Waals surface area contributed by atoms with E-state index >= 15 is 0 Å². The SMILES string of the molecule is CC(C)C[C@H](NC(=O)O)c1nn[nH]n1. The molecule has 1 rings (SSSR count). The van der Waals surface area contributed by atoms with Gasteiger partial charge in [-0.15, -0.1) is 10.2 Å². The summed E-state index contributed by atoms with van der Waals surface area (Å²) in [6, 6.07) is -0.397. The molecule has 1 atom stereocenters. The van der Waals surface area contributed by atoms with Crippen LogP contribution in [0.25, 0.3) is 0 Å². The van der Waals surface area contributed by atoms with Crippen molar-refractivity contribution in [1.29, 1.82) is 0 Å². The van der Waals surface area contributed by atoms with Crippen LogP contribution >= 0.6 is 0 Å². The van der Waals surface area contributed by atoms with Crippen LogP contribution in [0, 0.1) is 5.92 Å². The zero-order chi connectivity index (χ0) is 10.6. The number of aromatic amines is 1. The van der Waals surface area contributed by atoms with Gasteiger partial charge < -0.3 is 10.4 Å². The molecule has 1 heterocycles. The summed E-state index contributed by atoms with van der Waals surface area (Å²) in [5, 5.41) is 24.1. The molecular formula is C7H13N5O2. The predicted octanol–water partition coefficient (Wildman–Crippen LogP) is 0.554. The molecule has 0 unspecified atom stereocenters. The van der Waals surface area contributed by atoms with Gasteiger partial charge in [-0.25, -0.2) is 4.79 Å². The van der Waals surface area contributed by atoms with Gasteiger partial charge in [-0.1, -0.05) is 19.1 Å². The average molecular weight is 199 g/mol. The number of carbonyl (C=O) groups is 1. The monoisotopic (exact) mass is 199 g/mol. The van der Waals surface area contributed by atoms with Crippen molar-refractivity contribution in [2.45, 2.75) is 26.3 Å². The highest BCUT2D eigenvalue weighted by Gasteiger charge is 2.19. The van der Waals surface area contributed by atoms with Crippen LogP contribution in [-0.2, 0) is 0 Å². The van der Waals surface area contributed by atoms with E-state index in [1.165, 1.54) is 0 Å². The molecule has 0 spiro atoms. The van der Waals surface area contributed by atoms with E-state index in [2.05, 4.69) is 25.9 Å². The summed E-state index contributed by atoms with van der Waals surface area (Å²) in [7, 11) is 0. The van der Waals surface area contributed by atoms with E-state index in [0.717, 1.165) is 0 Å². The Bertz CT molecular complexity index is 284. The van der Waals surface area contributed by atoms with Crippen LogP contribution in [0.3, 0.4) is 0 Å². The Morgan fingerprint density at radius 3 is 2.79 bits per heavy atom. The van der Waals surface area contributed by atoms with Crippen LogP contribution in [0.1, 0.15) is 32.1 Å². The summed E-state index contributed by atoms with van der Waals surface area (Å²) in [5.74, 6) is 0.728. The van der Waals surface area contributed by atoms with E-state index in [0.29, 0.717) is 18.2 Å². The molecule has 7 heteroatoms. The number of H-pyrrole nitrogens is 1. The molecule has 14 heavy (non-hydrogen) atoms. The van der Waals surface area contributed by atoms with Crippen molar-refractivity contribution in [2.24, 2.45) is 5.92 Å². The summed E-state index contributed by atoms with van der Waals surface area (Å²) >= 11 is 0. The van der Waals surface area contributed by atoms with E-state index in [1.54, 1.807) is 0 Å². The van der Waals surface area contributed by atoms with E-state index in [4.69, 9.17) is 5.11 Å². The number of carboxylic acid groups (broad SMARTS) is 1. The smallest absolute Gasteiger partial charge is 0.405 e. The highest BCUT2D eigenvalue weighted by Crippen LogP contribution is 2.16. The number of nitrogens with zero attached hydrogens (tertiary/aromatic N) is 3. The fraction of sp³-hybridized carbons (Fsp3) is 0.714. The molecule has 0 aromatic carbocycles. The Morgan fingerprint density at radius 2 is 2.36 bits per heavy atom. The lowest BCUT2D eigenvalue weighted by Gasteiger charge is -2.14. The van der Waals surface area contributed by atoms with Crippen molar-refractivity contribution in [3.05, 3.63) is 5.82 Å². The van der Waals surface area contributed by atoms with Crippen molar-refractivity contribution in [2.75, 3.05) is 0 Å². The topological polar surface area (TPSA) is 104 Å². The second-order valence-electron chi connectivity index (χ2n) is 3.40. The number of amides is 1. The van der Waals surface area contributed by atoms with E-state index in [9.17, 15) is 4.79 Å². The number of hydrogen-bond donors (Lipinski definition) is 3. The van der Waals surface area contributed by atoms with Gasteiger partial charge in [0.05, 0.1) is 6.04 Å². The maximum absolute atomic E-state index is 10.5. The highest BCUT2D eigenvalue weighted by molar-refractivity contribution is 5.64.